The van der Waals surface area contributed by atoms with E-state index in [1.165, 1.54) is 20.8 Å². The first-order valence-electron chi connectivity index (χ1n) is 21.3. The molecule has 0 saturated carbocycles. The summed E-state index contributed by atoms with van der Waals surface area (Å²) in [6.45, 7) is 10.8. The molecule has 0 fully saturated rings. The van der Waals surface area contributed by atoms with Crippen LogP contribution in [0.2, 0.25) is 0 Å². The molecule has 0 aliphatic heterocycles. The van der Waals surface area contributed by atoms with Gasteiger partial charge in [0.15, 0.2) is 0 Å². The lowest BCUT2D eigenvalue weighted by atomic mass is 9.76. The van der Waals surface area contributed by atoms with Crippen LogP contribution in [0, 0.1) is 0 Å². The molecule has 6 heteroatoms. The van der Waals surface area contributed by atoms with Gasteiger partial charge >= 0.3 is 12.4 Å². The highest BCUT2D eigenvalue weighted by Crippen LogP contribution is 2.48. The SMILES string of the molecule is CC(C)(C)c1c(-c2cc(-c3ccccc3)cc(-c3ccccc3)c2)cccc1-c1cc(-c2ccccc2)cc(-c2ccc(-c3cc(C(F)(F)F)c(C(C)(C)C)c(C(F)(F)F)c3)cc2)c1. The third-order valence-corrected chi connectivity index (χ3v) is 11.7. The van der Waals surface area contributed by atoms with Crippen LogP contribution in [-0.2, 0) is 23.2 Å². The van der Waals surface area contributed by atoms with Gasteiger partial charge in [-0.2, -0.15) is 26.3 Å². The first-order valence-corrected chi connectivity index (χ1v) is 21.3. The first-order chi connectivity index (χ1) is 30.3. The molecule has 0 N–H and O–H groups in total. The van der Waals surface area contributed by atoms with E-state index in [1.54, 1.807) is 24.3 Å². The molecule has 0 unspecified atom stereocenters. The number of alkyl halides is 6. The normalized spacial score (nSPS) is 12.4. The molecule has 322 valence electrons. The van der Waals surface area contributed by atoms with Gasteiger partial charge in [-0.1, -0.05) is 175 Å². The molecule has 0 nitrogen and oxygen atoms in total. The molecule has 0 saturated heterocycles. The van der Waals surface area contributed by atoms with Gasteiger partial charge in [-0.3, -0.25) is 0 Å². The maximum absolute atomic E-state index is 14.5. The fourth-order valence-corrected chi connectivity index (χ4v) is 8.89. The van der Waals surface area contributed by atoms with Gasteiger partial charge in [-0.05, 0) is 148 Å². The molecule has 8 aromatic carbocycles. The largest absolute Gasteiger partial charge is 0.416 e. The second-order valence-corrected chi connectivity index (χ2v) is 18.4. The summed E-state index contributed by atoms with van der Waals surface area (Å²) in [5, 5.41) is 0. The molecular weight excluding hydrogens is 811 g/mol. The lowest BCUT2D eigenvalue weighted by molar-refractivity contribution is -0.145. The van der Waals surface area contributed by atoms with Crippen LogP contribution in [0.4, 0.5) is 26.3 Å². The summed E-state index contributed by atoms with van der Waals surface area (Å²) in [5.41, 5.74) is 8.39. The zero-order chi connectivity index (χ0) is 45.6. The summed E-state index contributed by atoms with van der Waals surface area (Å²) in [7, 11) is 0. The first kappa shape index (κ1) is 44.0. The van der Waals surface area contributed by atoms with E-state index in [-0.39, 0.29) is 16.5 Å². The molecule has 0 atom stereocenters. The minimum Gasteiger partial charge on any atom is -0.166 e. The maximum atomic E-state index is 14.5. The van der Waals surface area contributed by atoms with Gasteiger partial charge in [0.2, 0.25) is 0 Å². The molecule has 0 bridgehead atoms. The van der Waals surface area contributed by atoms with Crippen LogP contribution >= 0.6 is 0 Å². The Morgan fingerprint density at radius 2 is 0.516 bits per heavy atom. The molecular formula is C58H48F6. The Hall–Kier alpha value is -6.66. The molecule has 0 spiro atoms. The molecule has 0 aliphatic carbocycles. The molecule has 8 rings (SSSR count). The van der Waals surface area contributed by atoms with Gasteiger partial charge in [-0.25, -0.2) is 0 Å². The monoisotopic (exact) mass is 858 g/mol. The van der Waals surface area contributed by atoms with Crippen molar-refractivity contribution in [3.05, 3.63) is 204 Å². The molecule has 0 heterocycles. The average Bonchev–Trinajstić information content (AvgIpc) is 3.28. The maximum Gasteiger partial charge on any atom is 0.416 e. The standard InChI is InChI=1S/C58H48F6/c1-55(2,3)53-49(47-31-42(37-17-10-7-11-18-37)29-43(32-47)38-19-12-8-13-20-38)23-16-24-50(53)48-33-44(39-21-14-9-15-22-39)30-45(34-48)40-25-27-41(28-26-40)46-35-51(57(59,60)61)54(56(4,5)6)52(36-46)58(62,63)64/h7-36H,1-6H3. The highest BCUT2D eigenvalue weighted by molar-refractivity contribution is 5.89. The minimum absolute atomic E-state index is 0.156. The van der Waals surface area contributed by atoms with Gasteiger partial charge in [-0.15, -0.1) is 0 Å². The summed E-state index contributed by atoms with van der Waals surface area (Å²) < 4.78 is 87.1. The Morgan fingerprint density at radius 3 is 0.797 bits per heavy atom. The van der Waals surface area contributed by atoms with Crippen LogP contribution < -0.4 is 0 Å². The van der Waals surface area contributed by atoms with Gasteiger partial charge in [0.05, 0.1) is 11.1 Å². The molecule has 8 aromatic rings. The fraction of sp³-hybridized carbons (Fsp3) is 0.172. The average molecular weight is 859 g/mol. The van der Waals surface area contributed by atoms with Gasteiger partial charge in [0, 0.05) is 0 Å². The number of halogens is 6. The lowest BCUT2D eigenvalue weighted by Gasteiger charge is -2.29. The minimum atomic E-state index is -5.00. The second kappa shape index (κ2) is 16.8. The predicted octanol–water partition coefficient (Wildman–Crippen LogP) is 18.0. The summed E-state index contributed by atoms with van der Waals surface area (Å²) in [5.74, 6) is 0. The zero-order valence-corrected chi connectivity index (χ0v) is 36.6. The Bertz CT molecular complexity index is 2840. The van der Waals surface area contributed by atoms with Crippen LogP contribution in [0.5, 0.6) is 0 Å². The van der Waals surface area contributed by atoms with Crippen molar-refractivity contribution in [2.75, 3.05) is 0 Å². The van der Waals surface area contributed by atoms with E-state index >= 15 is 0 Å². The Balaban J connectivity index is 1.30. The molecule has 0 radical (unpaired) electrons. The molecule has 0 aliphatic rings. The van der Waals surface area contributed by atoms with Crippen LogP contribution in [0.1, 0.15) is 63.8 Å². The van der Waals surface area contributed by atoms with Crippen LogP contribution in [0.15, 0.2) is 182 Å². The van der Waals surface area contributed by atoms with Crippen LogP contribution in [-0.4, -0.2) is 0 Å². The molecule has 0 amide bonds. The van der Waals surface area contributed by atoms with Crippen LogP contribution in [0.3, 0.4) is 0 Å². The third kappa shape index (κ3) is 9.19. The van der Waals surface area contributed by atoms with E-state index < -0.39 is 34.5 Å². The topological polar surface area (TPSA) is 0 Å². The fourth-order valence-electron chi connectivity index (χ4n) is 8.89. The van der Waals surface area contributed by atoms with Crippen molar-refractivity contribution in [2.24, 2.45) is 0 Å². The van der Waals surface area contributed by atoms with Gasteiger partial charge < -0.3 is 0 Å². The van der Waals surface area contributed by atoms with Crippen molar-refractivity contribution in [1.29, 1.82) is 0 Å². The highest BCUT2D eigenvalue weighted by atomic mass is 19.4. The number of rotatable bonds is 7. The Morgan fingerprint density at radius 1 is 0.250 bits per heavy atom. The van der Waals surface area contributed by atoms with Crippen molar-refractivity contribution >= 4 is 0 Å². The smallest absolute Gasteiger partial charge is 0.166 e. The van der Waals surface area contributed by atoms with Crippen LogP contribution in [0.25, 0.3) is 77.9 Å². The van der Waals surface area contributed by atoms with Crippen molar-refractivity contribution in [3.8, 4) is 77.9 Å². The third-order valence-electron chi connectivity index (χ3n) is 11.7. The Kier molecular flexibility index (Phi) is 11.5. The van der Waals surface area contributed by atoms with E-state index in [9.17, 15) is 26.3 Å². The lowest BCUT2D eigenvalue weighted by Crippen LogP contribution is -2.25. The van der Waals surface area contributed by atoms with Crippen molar-refractivity contribution in [1.82, 2.24) is 0 Å². The summed E-state index contributed by atoms with van der Waals surface area (Å²) in [6, 6.07) is 58.7. The second-order valence-electron chi connectivity index (χ2n) is 18.4. The van der Waals surface area contributed by atoms with Crippen molar-refractivity contribution in [3.63, 3.8) is 0 Å². The van der Waals surface area contributed by atoms with Crippen molar-refractivity contribution in [2.45, 2.75) is 64.7 Å². The van der Waals surface area contributed by atoms with Crippen molar-refractivity contribution < 1.29 is 26.3 Å². The number of hydrogen-bond acceptors (Lipinski definition) is 0. The van der Waals surface area contributed by atoms with E-state index in [2.05, 4.69) is 99.6 Å². The van der Waals surface area contributed by atoms with Gasteiger partial charge in [0.1, 0.15) is 0 Å². The zero-order valence-electron chi connectivity index (χ0n) is 36.6. The number of hydrogen-bond donors (Lipinski definition) is 0. The summed E-state index contributed by atoms with van der Waals surface area (Å²) >= 11 is 0. The van der Waals surface area contributed by atoms with E-state index in [4.69, 9.17) is 0 Å². The number of benzene rings is 8. The highest BCUT2D eigenvalue weighted by Gasteiger charge is 2.44. The predicted molar refractivity (Wildman–Crippen MR) is 252 cm³/mol. The van der Waals surface area contributed by atoms with E-state index in [1.807, 2.05) is 66.7 Å². The van der Waals surface area contributed by atoms with E-state index in [0.29, 0.717) is 0 Å². The molecule has 64 heavy (non-hydrogen) atoms. The quantitative estimate of drug-likeness (QED) is 0.140. The Labute approximate surface area is 371 Å². The summed E-state index contributed by atoms with van der Waals surface area (Å²) in [6.07, 6.45) is -9.99. The van der Waals surface area contributed by atoms with E-state index in [0.717, 1.165) is 84.5 Å². The summed E-state index contributed by atoms with van der Waals surface area (Å²) in [4.78, 5) is 0. The van der Waals surface area contributed by atoms with Gasteiger partial charge in [0.25, 0.3) is 0 Å². The molecule has 0 aromatic heterocycles.